The molecule has 2 rings (SSSR count). The summed E-state index contributed by atoms with van der Waals surface area (Å²) in [7, 11) is 1.24. The second kappa shape index (κ2) is 11.9. The first-order valence-electron chi connectivity index (χ1n) is 11.4. The molecule has 0 spiro atoms. The van der Waals surface area contributed by atoms with Crippen LogP contribution in [-0.4, -0.2) is 43.7 Å². The molecular weight excluding hydrogens is 469 g/mol. The van der Waals surface area contributed by atoms with Gasteiger partial charge in [0.15, 0.2) is 0 Å². The zero-order valence-corrected chi connectivity index (χ0v) is 20.0. The van der Waals surface area contributed by atoms with Crippen molar-refractivity contribution in [2.75, 3.05) is 11.9 Å². The minimum absolute atomic E-state index is 0.118. The van der Waals surface area contributed by atoms with E-state index in [4.69, 9.17) is 4.74 Å². The summed E-state index contributed by atoms with van der Waals surface area (Å²) in [5, 5.41) is 16.2. The van der Waals surface area contributed by atoms with Crippen LogP contribution in [0, 0.1) is 0 Å². The lowest BCUT2D eigenvalue weighted by Crippen LogP contribution is -2.41. The van der Waals surface area contributed by atoms with Crippen LogP contribution >= 0.6 is 0 Å². The van der Waals surface area contributed by atoms with Crippen molar-refractivity contribution in [1.82, 2.24) is 14.3 Å². The molecule has 194 valence electrons. The van der Waals surface area contributed by atoms with E-state index in [2.05, 4.69) is 10.4 Å². The smallest absolute Gasteiger partial charge is 0.389 e. The van der Waals surface area contributed by atoms with Crippen LogP contribution in [0.15, 0.2) is 33.9 Å². The lowest BCUT2D eigenvalue weighted by molar-refractivity contribution is -0.154. The lowest BCUT2D eigenvalue weighted by atomic mass is 10.0. The molecule has 1 unspecified atom stereocenters. The predicted octanol–water partition coefficient (Wildman–Crippen LogP) is 3.35. The molecule has 12 heteroatoms. The Morgan fingerprint density at radius 3 is 2.54 bits per heavy atom. The maximum absolute atomic E-state index is 12.4. The predicted molar refractivity (Wildman–Crippen MR) is 124 cm³/mol. The Morgan fingerprint density at radius 1 is 1.20 bits per heavy atom. The summed E-state index contributed by atoms with van der Waals surface area (Å²) in [5.41, 5.74) is -1.88. The third-order valence-corrected chi connectivity index (χ3v) is 5.42. The van der Waals surface area contributed by atoms with Crippen molar-refractivity contribution in [2.45, 2.75) is 70.7 Å². The normalized spacial score (nSPS) is 13.3. The second-order valence-corrected chi connectivity index (χ2v) is 8.50. The number of halogens is 3. The number of carboxylic acid groups (broad SMARTS) is 1. The van der Waals surface area contributed by atoms with Gasteiger partial charge in [0.1, 0.15) is 5.75 Å². The van der Waals surface area contributed by atoms with Crippen molar-refractivity contribution in [3.63, 3.8) is 0 Å². The molecule has 2 aromatic rings. The van der Waals surface area contributed by atoms with Gasteiger partial charge in [-0.3, -0.25) is 9.36 Å². The Balaban J connectivity index is 1.99. The van der Waals surface area contributed by atoms with Crippen molar-refractivity contribution in [2.24, 2.45) is 7.05 Å². The van der Waals surface area contributed by atoms with E-state index in [0.717, 1.165) is 14.8 Å². The van der Waals surface area contributed by atoms with Crippen molar-refractivity contribution >= 4 is 11.8 Å². The number of aromatic nitrogens is 3. The lowest BCUT2D eigenvalue weighted by Gasteiger charge is -2.26. The highest BCUT2D eigenvalue weighted by Gasteiger charge is 2.34. The number of anilines is 1. The van der Waals surface area contributed by atoms with Gasteiger partial charge in [0.2, 0.25) is 11.4 Å². The van der Waals surface area contributed by atoms with Crippen molar-refractivity contribution in [1.29, 1.82) is 0 Å². The van der Waals surface area contributed by atoms with E-state index in [-0.39, 0.29) is 18.8 Å². The van der Waals surface area contributed by atoms with Crippen LogP contribution < -0.4 is 21.3 Å². The third-order valence-electron chi connectivity index (χ3n) is 5.42. The van der Waals surface area contributed by atoms with Crippen LogP contribution in [0.2, 0.25) is 0 Å². The number of carbonyl (C=O) groups is 1. The molecule has 35 heavy (non-hydrogen) atoms. The average molecular weight is 501 g/mol. The van der Waals surface area contributed by atoms with Crippen LogP contribution in [0.1, 0.15) is 51.5 Å². The first kappa shape index (κ1) is 27.9. The van der Waals surface area contributed by atoms with E-state index in [1.165, 1.54) is 14.0 Å². The third kappa shape index (κ3) is 8.15. The molecule has 0 radical (unpaired) electrons. The molecule has 0 saturated heterocycles. The zero-order chi connectivity index (χ0) is 26.2. The van der Waals surface area contributed by atoms with Crippen molar-refractivity contribution in [3.05, 3.63) is 50.7 Å². The zero-order valence-electron chi connectivity index (χ0n) is 20.0. The first-order chi connectivity index (χ1) is 16.4. The Kier molecular flexibility index (Phi) is 9.49. The monoisotopic (exact) mass is 500 g/mol. The fourth-order valence-electron chi connectivity index (χ4n) is 3.51. The van der Waals surface area contributed by atoms with E-state index in [9.17, 15) is 32.7 Å². The molecule has 0 bridgehead atoms. The van der Waals surface area contributed by atoms with E-state index in [1.54, 1.807) is 18.2 Å². The SMILES string of the molecule is CCCC(C)(Oc1cccc(CCCNc2nn(CCCC(F)(F)F)c(=O)n(C)c2=O)c1)C(=O)O. The molecular formula is C23H31F3N4O5. The Bertz CT molecular complexity index is 1130. The summed E-state index contributed by atoms with van der Waals surface area (Å²) in [5.74, 6) is -0.717. The molecule has 0 aliphatic rings. The number of aliphatic carboxylic acids is 1. The highest BCUT2D eigenvalue weighted by Crippen LogP contribution is 2.24. The minimum atomic E-state index is -4.34. The number of ether oxygens (including phenoxy) is 1. The quantitative estimate of drug-likeness (QED) is 0.405. The summed E-state index contributed by atoms with van der Waals surface area (Å²) < 4.78 is 44.6. The molecule has 2 N–H and O–H groups in total. The summed E-state index contributed by atoms with van der Waals surface area (Å²) in [6.07, 6.45) is -3.57. The van der Waals surface area contributed by atoms with Crippen LogP contribution in [0.4, 0.5) is 19.0 Å². The molecule has 0 fully saturated rings. The topological polar surface area (TPSA) is 115 Å². The number of alkyl halides is 3. The molecule has 0 aliphatic carbocycles. The number of hydrogen-bond acceptors (Lipinski definition) is 6. The van der Waals surface area contributed by atoms with Gasteiger partial charge in [0, 0.05) is 26.6 Å². The number of nitrogens with one attached hydrogen (secondary N) is 1. The number of benzene rings is 1. The van der Waals surface area contributed by atoms with E-state index in [0.29, 0.717) is 38.0 Å². The molecule has 0 aliphatic heterocycles. The second-order valence-electron chi connectivity index (χ2n) is 8.50. The number of rotatable bonds is 13. The highest BCUT2D eigenvalue weighted by molar-refractivity contribution is 5.77. The number of aryl methyl sites for hydroxylation is 2. The van der Waals surface area contributed by atoms with Crippen molar-refractivity contribution in [3.8, 4) is 5.75 Å². The van der Waals surface area contributed by atoms with E-state index >= 15 is 0 Å². The largest absolute Gasteiger partial charge is 0.478 e. The van der Waals surface area contributed by atoms with Gasteiger partial charge in [0.05, 0.1) is 0 Å². The fourth-order valence-corrected chi connectivity index (χ4v) is 3.51. The van der Waals surface area contributed by atoms with Gasteiger partial charge in [0.25, 0.3) is 5.56 Å². The van der Waals surface area contributed by atoms with Gasteiger partial charge < -0.3 is 15.2 Å². The summed E-state index contributed by atoms with van der Waals surface area (Å²) in [4.78, 5) is 36.0. The van der Waals surface area contributed by atoms with Crippen LogP contribution in [0.5, 0.6) is 5.75 Å². The maximum Gasteiger partial charge on any atom is 0.389 e. The highest BCUT2D eigenvalue weighted by atomic mass is 19.4. The molecule has 1 aromatic carbocycles. The standard InChI is InChI=1S/C23H31F3N4O5/c1-4-11-22(2,20(32)33)35-17-10-5-8-16(15-17)9-6-13-27-18-19(31)29(3)21(34)30(28-18)14-7-12-23(24,25)26/h5,8,10,15H,4,6-7,9,11-14H2,1-3H3,(H,27,28)(H,32,33). The van der Waals surface area contributed by atoms with Crippen LogP contribution in [-0.2, 0) is 24.8 Å². The summed E-state index contributed by atoms with van der Waals surface area (Å²) in [6.45, 7) is 3.47. The van der Waals surface area contributed by atoms with Gasteiger partial charge in [-0.2, -0.15) is 13.2 Å². The Morgan fingerprint density at radius 2 is 1.91 bits per heavy atom. The fraction of sp³-hybridized carbons (Fsp3) is 0.565. The molecule has 0 saturated carbocycles. The van der Waals surface area contributed by atoms with Gasteiger partial charge >= 0.3 is 17.8 Å². The number of nitrogens with zero attached hydrogens (tertiary/aromatic N) is 3. The minimum Gasteiger partial charge on any atom is -0.478 e. The molecule has 9 nitrogen and oxygen atoms in total. The number of hydrogen-bond donors (Lipinski definition) is 2. The number of carboxylic acids is 1. The van der Waals surface area contributed by atoms with Gasteiger partial charge in [-0.05, 0) is 50.3 Å². The van der Waals surface area contributed by atoms with E-state index in [1.807, 2.05) is 13.0 Å². The molecule has 1 heterocycles. The summed E-state index contributed by atoms with van der Waals surface area (Å²) in [6, 6.07) is 7.08. The Labute approximate surface area is 200 Å². The van der Waals surface area contributed by atoms with Gasteiger partial charge in [-0.1, -0.05) is 25.5 Å². The summed E-state index contributed by atoms with van der Waals surface area (Å²) >= 11 is 0. The maximum atomic E-state index is 12.4. The molecule has 0 amide bonds. The van der Waals surface area contributed by atoms with Gasteiger partial charge in [-0.15, -0.1) is 5.10 Å². The van der Waals surface area contributed by atoms with Crippen molar-refractivity contribution < 1.29 is 27.8 Å². The molecule has 1 atom stereocenters. The molecule has 1 aromatic heterocycles. The van der Waals surface area contributed by atoms with Gasteiger partial charge in [-0.25, -0.2) is 14.3 Å². The van der Waals surface area contributed by atoms with Crippen LogP contribution in [0.25, 0.3) is 0 Å². The first-order valence-corrected chi connectivity index (χ1v) is 11.4. The average Bonchev–Trinajstić information content (AvgIpc) is 2.77. The van der Waals surface area contributed by atoms with Crippen LogP contribution in [0.3, 0.4) is 0 Å². The van der Waals surface area contributed by atoms with E-state index < -0.39 is 35.4 Å². The Hall–Kier alpha value is -3.31.